The number of hydrogen-bond donors (Lipinski definition) is 2. The van der Waals surface area contributed by atoms with E-state index in [1.807, 2.05) is 6.07 Å². The Morgan fingerprint density at radius 1 is 1.35 bits per heavy atom. The number of aromatic amines is 1. The van der Waals surface area contributed by atoms with E-state index in [1.165, 1.54) is 16.8 Å². The van der Waals surface area contributed by atoms with Gasteiger partial charge in [-0.1, -0.05) is 13.0 Å². The topological polar surface area (TPSA) is 49.9 Å². The van der Waals surface area contributed by atoms with Crippen LogP contribution in [0.3, 0.4) is 0 Å². The van der Waals surface area contributed by atoms with Gasteiger partial charge < -0.3 is 15.0 Å². The summed E-state index contributed by atoms with van der Waals surface area (Å²) >= 11 is 0. The molecule has 20 heavy (non-hydrogen) atoms. The standard InChI is InChI=1S/C16H21N3O/c1-3-8-17-10-15-18-14-7-5-11-4-6-12(20-2)9-13(11)16(14)19-15/h4,6,9,17H,3,5,7-8,10H2,1-2H3,(H,18,19). The van der Waals surface area contributed by atoms with Crippen LogP contribution in [-0.4, -0.2) is 23.6 Å². The molecular formula is C16H21N3O. The molecule has 0 amide bonds. The van der Waals surface area contributed by atoms with Crippen molar-refractivity contribution in [2.75, 3.05) is 13.7 Å². The summed E-state index contributed by atoms with van der Waals surface area (Å²) in [6, 6.07) is 6.28. The Hall–Kier alpha value is -1.81. The van der Waals surface area contributed by atoms with E-state index in [9.17, 15) is 0 Å². The quantitative estimate of drug-likeness (QED) is 0.822. The van der Waals surface area contributed by atoms with Gasteiger partial charge in [0.1, 0.15) is 11.6 Å². The molecule has 4 nitrogen and oxygen atoms in total. The minimum atomic E-state index is 0.806. The number of H-pyrrole nitrogens is 1. The van der Waals surface area contributed by atoms with Gasteiger partial charge in [-0.2, -0.15) is 0 Å². The van der Waals surface area contributed by atoms with Crippen molar-refractivity contribution in [3.8, 4) is 17.0 Å². The summed E-state index contributed by atoms with van der Waals surface area (Å²) in [4.78, 5) is 8.22. The van der Waals surface area contributed by atoms with Gasteiger partial charge in [-0.15, -0.1) is 0 Å². The maximum absolute atomic E-state index is 5.33. The molecule has 1 aliphatic carbocycles. The van der Waals surface area contributed by atoms with Crippen LogP contribution in [-0.2, 0) is 19.4 Å². The molecule has 1 heterocycles. The molecule has 0 spiro atoms. The molecule has 1 aliphatic rings. The van der Waals surface area contributed by atoms with Crippen molar-refractivity contribution in [1.82, 2.24) is 15.3 Å². The number of ether oxygens (including phenoxy) is 1. The van der Waals surface area contributed by atoms with Gasteiger partial charge in [0.15, 0.2) is 0 Å². The molecule has 4 heteroatoms. The van der Waals surface area contributed by atoms with Gasteiger partial charge >= 0.3 is 0 Å². The van der Waals surface area contributed by atoms with E-state index in [0.717, 1.165) is 49.6 Å². The van der Waals surface area contributed by atoms with Crippen LogP contribution in [0.1, 0.15) is 30.4 Å². The van der Waals surface area contributed by atoms with Crippen LogP contribution < -0.4 is 10.1 Å². The molecule has 3 rings (SSSR count). The minimum Gasteiger partial charge on any atom is -0.497 e. The predicted octanol–water partition coefficient (Wildman–Crippen LogP) is 2.68. The average Bonchev–Trinajstić information content (AvgIpc) is 2.90. The maximum atomic E-state index is 5.33. The van der Waals surface area contributed by atoms with Crippen molar-refractivity contribution in [2.24, 2.45) is 0 Å². The Morgan fingerprint density at radius 3 is 3.05 bits per heavy atom. The monoisotopic (exact) mass is 271 g/mol. The van der Waals surface area contributed by atoms with Crippen LogP contribution in [0, 0.1) is 0 Å². The number of aromatic nitrogens is 2. The fourth-order valence-corrected chi connectivity index (χ4v) is 2.72. The van der Waals surface area contributed by atoms with Crippen LogP contribution in [0.15, 0.2) is 18.2 Å². The average molecular weight is 271 g/mol. The lowest BCUT2D eigenvalue weighted by atomic mass is 9.92. The molecule has 0 saturated heterocycles. The molecule has 0 bridgehead atoms. The van der Waals surface area contributed by atoms with Gasteiger partial charge in [0.25, 0.3) is 0 Å². The van der Waals surface area contributed by atoms with Crippen LogP contribution in [0.4, 0.5) is 0 Å². The first-order chi connectivity index (χ1) is 9.81. The molecule has 0 radical (unpaired) electrons. The molecule has 2 aromatic rings. The summed E-state index contributed by atoms with van der Waals surface area (Å²) in [5.74, 6) is 1.92. The first kappa shape index (κ1) is 13.2. The number of aryl methyl sites for hydroxylation is 2. The van der Waals surface area contributed by atoms with Crippen LogP contribution in [0.25, 0.3) is 11.3 Å². The number of benzene rings is 1. The van der Waals surface area contributed by atoms with Crippen molar-refractivity contribution in [3.63, 3.8) is 0 Å². The van der Waals surface area contributed by atoms with Gasteiger partial charge in [-0.25, -0.2) is 4.98 Å². The first-order valence-corrected chi connectivity index (χ1v) is 7.27. The Balaban J connectivity index is 1.90. The summed E-state index contributed by atoms with van der Waals surface area (Å²) in [7, 11) is 1.70. The SMILES string of the molecule is CCCNCc1nc2c([nH]1)CCc1ccc(OC)cc1-2. The molecule has 0 unspecified atom stereocenters. The van der Waals surface area contributed by atoms with Gasteiger partial charge in [0.2, 0.25) is 0 Å². The second-order valence-electron chi connectivity index (χ2n) is 5.21. The zero-order valence-corrected chi connectivity index (χ0v) is 12.1. The van der Waals surface area contributed by atoms with Crippen molar-refractivity contribution >= 4 is 0 Å². The molecule has 1 aromatic heterocycles. The van der Waals surface area contributed by atoms with Crippen molar-refractivity contribution in [2.45, 2.75) is 32.7 Å². The predicted molar refractivity (Wildman–Crippen MR) is 80.0 cm³/mol. The third-order valence-electron chi connectivity index (χ3n) is 3.76. The zero-order valence-electron chi connectivity index (χ0n) is 12.1. The highest BCUT2D eigenvalue weighted by Crippen LogP contribution is 2.34. The molecule has 0 aliphatic heterocycles. The van der Waals surface area contributed by atoms with Crippen molar-refractivity contribution < 1.29 is 4.74 Å². The van der Waals surface area contributed by atoms with Crippen LogP contribution in [0.5, 0.6) is 5.75 Å². The third kappa shape index (κ3) is 2.43. The lowest BCUT2D eigenvalue weighted by molar-refractivity contribution is 0.415. The van der Waals surface area contributed by atoms with E-state index in [1.54, 1.807) is 7.11 Å². The highest BCUT2D eigenvalue weighted by molar-refractivity contribution is 5.70. The number of hydrogen-bond acceptors (Lipinski definition) is 3. The molecular weight excluding hydrogens is 250 g/mol. The molecule has 2 N–H and O–H groups in total. The summed E-state index contributed by atoms with van der Waals surface area (Å²) in [5, 5.41) is 3.39. The van der Waals surface area contributed by atoms with E-state index in [4.69, 9.17) is 9.72 Å². The summed E-state index contributed by atoms with van der Waals surface area (Å²) in [6.45, 7) is 4.00. The number of rotatable bonds is 5. The lowest BCUT2D eigenvalue weighted by Crippen LogP contribution is -2.14. The van der Waals surface area contributed by atoms with E-state index in [2.05, 4.69) is 29.4 Å². The third-order valence-corrected chi connectivity index (χ3v) is 3.76. The maximum Gasteiger partial charge on any atom is 0.121 e. The van der Waals surface area contributed by atoms with Crippen molar-refractivity contribution in [1.29, 1.82) is 0 Å². The number of methoxy groups -OCH3 is 1. The van der Waals surface area contributed by atoms with Gasteiger partial charge in [0, 0.05) is 11.3 Å². The Kier molecular flexibility index (Phi) is 3.74. The summed E-state index contributed by atoms with van der Waals surface area (Å²) in [6.07, 6.45) is 3.24. The summed E-state index contributed by atoms with van der Waals surface area (Å²) < 4.78 is 5.33. The Morgan fingerprint density at radius 2 is 2.25 bits per heavy atom. The van der Waals surface area contributed by atoms with Crippen molar-refractivity contribution in [3.05, 3.63) is 35.3 Å². The minimum absolute atomic E-state index is 0.806. The molecule has 0 atom stereocenters. The smallest absolute Gasteiger partial charge is 0.121 e. The molecule has 0 saturated carbocycles. The first-order valence-electron chi connectivity index (χ1n) is 7.27. The second-order valence-corrected chi connectivity index (χ2v) is 5.21. The highest BCUT2D eigenvalue weighted by atomic mass is 16.5. The number of fused-ring (bicyclic) bond motifs is 3. The summed E-state index contributed by atoms with van der Waals surface area (Å²) in [5.41, 5.74) is 4.92. The normalized spacial score (nSPS) is 12.9. The fourth-order valence-electron chi connectivity index (χ4n) is 2.72. The van der Waals surface area contributed by atoms with Gasteiger partial charge in [-0.05, 0) is 43.5 Å². The van der Waals surface area contributed by atoms with Crippen LogP contribution >= 0.6 is 0 Å². The Labute approximate surface area is 119 Å². The van der Waals surface area contributed by atoms with E-state index >= 15 is 0 Å². The number of nitrogens with zero attached hydrogens (tertiary/aromatic N) is 1. The van der Waals surface area contributed by atoms with E-state index in [0.29, 0.717) is 0 Å². The Bertz CT molecular complexity index is 604. The zero-order chi connectivity index (χ0) is 13.9. The highest BCUT2D eigenvalue weighted by Gasteiger charge is 2.20. The van der Waals surface area contributed by atoms with E-state index < -0.39 is 0 Å². The van der Waals surface area contributed by atoms with Gasteiger partial charge in [0.05, 0.1) is 19.3 Å². The number of nitrogens with one attached hydrogen (secondary N) is 2. The fraction of sp³-hybridized carbons (Fsp3) is 0.438. The number of imidazole rings is 1. The van der Waals surface area contributed by atoms with Gasteiger partial charge in [-0.3, -0.25) is 0 Å². The lowest BCUT2D eigenvalue weighted by Gasteiger charge is -2.15. The largest absolute Gasteiger partial charge is 0.497 e. The molecule has 1 aromatic carbocycles. The second kappa shape index (κ2) is 5.67. The van der Waals surface area contributed by atoms with E-state index in [-0.39, 0.29) is 0 Å². The van der Waals surface area contributed by atoms with Crippen LogP contribution in [0.2, 0.25) is 0 Å². The molecule has 0 fully saturated rings. The molecule has 106 valence electrons.